The van der Waals surface area contributed by atoms with Crippen molar-refractivity contribution in [1.82, 2.24) is 0 Å². The lowest BCUT2D eigenvalue weighted by Crippen LogP contribution is -2.02. The van der Waals surface area contributed by atoms with E-state index >= 15 is 0 Å². The van der Waals surface area contributed by atoms with Crippen LogP contribution in [0.15, 0.2) is 41.8 Å². The average molecular weight is 314 g/mol. The summed E-state index contributed by atoms with van der Waals surface area (Å²) < 4.78 is 10.8. The maximum atomic E-state index is 11.9. The number of thiophene rings is 1. The van der Waals surface area contributed by atoms with Crippen LogP contribution in [0.1, 0.15) is 10.4 Å². The van der Waals surface area contributed by atoms with E-state index in [4.69, 9.17) is 9.47 Å². The van der Waals surface area contributed by atoms with Crippen molar-refractivity contribution in [3.63, 3.8) is 0 Å². The molecular weight excluding hydrogens is 300 g/mol. The first-order valence-corrected chi connectivity index (χ1v) is 7.49. The van der Waals surface area contributed by atoms with Crippen LogP contribution in [-0.4, -0.2) is 25.3 Å². The Labute approximate surface area is 131 Å². The van der Waals surface area contributed by atoms with Gasteiger partial charge in [0.25, 0.3) is 0 Å². The van der Waals surface area contributed by atoms with Gasteiger partial charge < -0.3 is 14.6 Å². The lowest BCUT2D eigenvalue weighted by Gasteiger charge is -2.10. The second-order valence-electron chi connectivity index (χ2n) is 4.70. The molecule has 0 bridgehead atoms. The van der Waals surface area contributed by atoms with Gasteiger partial charge in [-0.25, -0.2) is 4.79 Å². The smallest absolute Gasteiger partial charge is 0.341 e. The predicted octanol–water partition coefficient (Wildman–Crippen LogP) is 4.07. The summed E-state index contributed by atoms with van der Waals surface area (Å²) in [4.78, 5) is 11.9. The molecule has 1 heterocycles. The number of carbonyl (C=O) groups is 1. The number of hydrogen-bond acceptors (Lipinski definition) is 5. The zero-order chi connectivity index (χ0) is 15.7. The second kappa shape index (κ2) is 5.69. The molecule has 3 rings (SSSR count). The number of phenols is 1. The SMILES string of the molecule is COC(=O)c1cc(-c2ccc(OC)cc2)c2sccc2c1O. The fourth-order valence-corrected chi connectivity index (χ4v) is 3.31. The van der Waals surface area contributed by atoms with Crippen molar-refractivity contribution in [2.45, 2.75) is 0 Å². The number of aromatic hydroxyl groups is 1. The molecular formula is C17H14O4S. The van der Waals surface area contributed by atoms with Gasteiger partial charge in [-0.3, -0.25) is 0 Å². The van der Waals surface area contributed by atoms with Crippen LogP contribution in [0.4, 0.5) is 0 Å². The summed E-state index contributed by atoms with van der Waals surface area (Å²) in [5, 5.41) is 12.8. The number of carbonyl (C=O) groups excluding carboxylic acids is 1. The molecule has 1 aromatic heterocycles. The minimum Gasteiger partial charge on any atom is -0.506 e. The van der Waals surface area contributed by atoms with Gasteiger partial charge in [-0.2, -0.15) is 0 Å². The zero-order valence-corrected chi connectivity index (χ0v) is 12.9. The lowest BCUT2D eigenvalue weighted by molar-refractivity contribution is 0.0598. The van der Waals surface area contributed by atoms with Crippen molar-refractivity contribution < 1.29 is 19.4 Å². The molecule has 3 aromatic rings. The Bertz CT molecular complexity index is 834. The lowest BCUT2D eigenvalue weighted by atomic mass is 10.00. The molecule has 4 nitrogen and oxygen atoms in total. The van der Waals surface area contributed by atoms with Gasteiger partial charge in [-0.15, -0.1) is 11.3 Å². The van der Waals surface area contributed by atoms with Crippen LogP contribution in [0.3, 0.4) is 0 Å². The molecule has 0 aliphatic heterocycles. The predicted molar refractivity (Wildman–Crippen MR) is 86.8 cm³/mol. The molecule has 1 N–H and O–H groups in total. The Hall–Kier alpha value is -2.53. The highest BCUT2D eigenvalue weighted by atomic mass is 32.1. The molecule has 0 saturated heterocycles. The number of methoxy groups -OCH3 is 2. The van der Waals surface area contributed by atoms with Crippen molar-refractivity contribution in [2.75, 3.05) is 14.2 Å². The molecule has 2 aromatic carbocycles. The van der Waals surface area contributed by atoms with Gasteiger partial charge in [0.2, 0.25) is 0 Å². The summed E-state index contributed by atoms with van der Waals surface area (Å²) in [5.74, 6) is 0.166. The maximum Gasteiger partial charge on any atom is 0.341 e. The second-order valence-corrected chi connectivity index (χ2v) is 5.62. The van der Waals surface area contributed by atoms with Crippen LogP contribution >= 0.6 is 11.3 Å². The third-order valence-corrected chi connectivity index (χ3v) is 4.46. The standard InChI is InChI=1S/C17H14O4S/c1-20-11-5-3-10(4-6-11)13-9-14(17(19)21-2)15(18)12-7-8-22-16(12)13/h3-9,18H,1-2H3. The minimum absolute atomic E-state index is 0.0413. The highest BCUT2D eigenvalue weighted by Crippen LogP contribution is 2.40. The molecule has 0 atom stereocenters. The van der Waals surface area contributed by atoms with E-state index in [1.54, 1.807) is 19.2 Å². The van der Waals surface area contributed by atoms with Crippen LogP contribution < -0.4 is 4.74 Å². The van der Waals surface area contributed by atoms with Crippen LogP contribution in [0.25, 0.3) is 21.2 Å². The molecule has 0 amide bonds. The first-order valence-electron chi connectivity index (χ1n) is 6.61. The number of benzene rings is 2. The van der Waals surface area contributed by atoms with E-state index in [-0.39, 0.29) is 11.3 Å². The molecule has 0 spiro atoms. The largest absolute Gasteiger partial charge is 0.506 e. The summed E-state index contributed by atoms with van der Waals surface area (Å²) in [6, 6.07) is 11.0. The van der Waals surface area contributed by atoms with Crippen LogP contribution in [0, 0.1) is 0 Å². The third-order valence-electron chi connectivity index (χ3n) is 3.52. The van der Waals surface area contributed by atoms with E-state index in [2.05, 4.69) is 0 Å². The number of hydrogen-bond donors (Lipinski definition) is 1. The van der Waals surface area contributed by atoms with Crippen molar-refractivity contribution in [2.24, 2.45) is 0 Å². The third kappa shape index (κ3) is 2.29. The summed E-state index contributed by atoms with van der Waals surface area (Å²) in [5.41, 5.74) is 1.99. The van der Waals surface area contributed by atoms with Crippen LogP contribution in [0.2, 0.25) is 0 Å². The molecule has 0 radical (unpaired) electrons. The quantitative estimate of drug-likeness (QED) is 0.740. The molecule has 0 aliphatic rings. The van der Waals surface area contributed by atoms with Crippen LogP contribution in [0.5, 0.6) is 11.5 Å². The van der Waals surface area contributed by atoms with E-state index < -0.39 is 5.97 Å². The van der Waals surface area contributed by atoms with Crippen LogP contribution in [-0.2, 0) is 4.74 Å². The summed E-state index contributed by atoms with van der Waals surface area (Å²) in [6.45, 7) is 0. The summed E-state index contributed by atoms with van der Waals surface area (Å²) >= 11 is 1.52. The van der Waals surface area contributed by atoms with Gasteiger partial charge in [0.05, 0.1) is 14.2 Å². The number of rotatable bonds is 3. The molecule has 0 unspecified atom stereocenters. The average Bonchev–Trinajstić information content (AvgIpc) is 3.05. The number of ether oxygens (including phenoxy) is 2. The van der Waals surface area contributed by atoms with Gasteiger partial charge in [0, 0.05) is 15.6 Å². The van der Waals surface area contributed by atoms with Gasteiger partial charge in [-0.1, -0.05) is 12.1 Å². The molecule has 22 heavy (non-hydrogen) atoms. The first-order chi connectivity index (χ1) is 10.7. The number of esters is 1. The fraction of sp³-hybridized carbons (Fsp3) is 0.118. The summed E-state index contributed by atoms with van der Waals surface area (Å²) in [6.07, 6.45) is 0. The highest BCUT2D eigenvalue weighted by Gasteiger charge is 2.19. The van der Waals surface area contributed by atoms with Gasteiger partial charge >= 0.3 is 5.97 Å². The fourth-order valence-electron chi connectivity index (χ4n) is 2.38. The summed E-state index contributed by atoms with van der Waals surface area (Å²) in [7, 11) is 2.91. The number of fused-ring (bicyclic) bond motifs is 1. The minimum atomic E-state index is -0.555. The molecule has 0 saturated carbocycles. The Balaban J connectivity index is 2.25. The molecule has 5 heteroatoms. The van der Waals surface area contributed by atoms with Crippen molar-refractivity contribution in [3.8, 4) is 22.6 Å². The van der Waals surface area contributed by atoms with E-state index in [0.29, 0.717) is 5.39 Å². The van der Waals surface area contributed by atoms with Gasteiger partial charge in [-0.05, 0) is 35.2 Å². The van der Waals surface area contributed by atoms with E-state index in [1.807, 2.05) is 29.6 Å². The van der Waals surface area contributed by atoms with Crippen molar-refractivity contribution >= 4 is 27.4 Å². The maximum absolute atomic E-state index is 11.9. The normalized spacial score (nSPS) is 10.6. The Morgan fingerprint density at radius 3 is 2.50 bits per heavy atom. The highest BCUT2D eigenvalue weighted by molar-refractivity contribution is 7.17. The Morgan fingerprint density at radius 1 is 1.14 bits per heavy atom. The van der Waals surface area contributed by atoms with E-state index in [0.717, 1.165) is 21.6 Å². The van der Waals surface area contributed by atoms with Crippen molar-refractivity contribution in [3.05, 3.63) is 47.3 Å². The first kappa shape index (κ1) is 14.4. The van der Waals surface area contributed by atoms with E-state index in [1.165, 1.54) is 18.4 Å². The molecule has 112 valence electrons. The molecule has 0 fully saturated rings. The Kier molecular flexibility index (Phi) is 3.73. The topological polar surface area (TPSA) is 55.8 Å². The Morgan fingerprint density at radius 2 is 1.86 bits per heavy atom. The monoisotopic (exact) mass is 314 g/mol. The number of phenolic OH excluding ortho intramolecular Hbond substituents is 1. The van der Waals surface area contributed by atoms with E-state index in [9.17, 15) is 9.90 Å². The molecule has 0 aliphatic carbocycles. The van der Waals surface area contributed by atoms with Gasteiger partial charge in [0.1, 0.15) is 17.1 Å². The van der Waals surface area contributed by atoms with Gasteiger partial charge in [0.15, 0.2) is 0 Å². The van der Waals surface area contributed by atoms with Crippen molar-refractivity contribution in [1.29, 1.82) is 0 Å². The zero-order valence-electron chi connectivity index (χ0n) is 12.1.